The van der Waals surface area contributed by atoms with Gasteiger partial charge < -0.3 is 4.57 Å². The zero-order chi connectivity index (χ0) is 15.5. The van der Waals surface area contributed by atoms with Crippen LogP contribution < -0.4 is 0 Å². The Labute approximate surface area is 136 Å². The number of nitrogens with zero attached hydrogens (tertiary/aromatic N) is 1. The van der Waals surface area contributed by atoms with E-state index in [0.29, 0.717) is 0 Å². The third-order valence-corrected chi connectivity index (χ3v) is 5.63. The summed E-state index contributed by atoms with van der Waals surface area (Å²) in [4.78, 5) is 0. The lowest BCUT2D eigenvalue weighted by molar-refractivity contribution is 0.499. The molecule has 2 aliphatic rings. The fraction of sp³-hybridized carbons (Fsp3) is 0.182. The van der Waals surface area contributed by atoms with E-state index < -0.39 is 0 Å². The summed E-state index contributed by atoms with van der Waals surface area (Å²) in [6.45, 7) is 2.37. The van der Waals surface area contributed by atoms with Crippen molar-refractivity contribution < 1.29 is 0 Å². The first-order chi connectivity index (χ1) is 11.2. The first-order valence-corrected chi connectivity index (χ1v) is 8.27. The molecule has 3 aromatic rings. The third kappa shape index (κ3) is 1.62. The van der Waals surface area contributed by atoms with Crippen molar-refractivity contribution in [3.05, 3.63) is 85.0 Å². The van der Waals surface area contributed by atoms with Crippen LogP contribution in [0.4, 0.5) is 0 Å². The standard InChI is InChI=1S/C22H19N/c1-21-13-7-8-14-22(21,16-21)23-19-12-6-5-11-18(19)15-20(23)17-9-3-2-4-10-17/h2-15H,16H2,1H3. The minimum absolute atomic E-state index is 0.0794. The molecule has 2 atom stereocenters. The Bertz CT molecular complexity index is 960. The van der Waals surface area contributed by atoms with Gasteiger partial charge in [-0.25, -0.2) is 0 Å². The Morgan fingerprint density at radius 1 is 0.870 bits per heavy atom. The molecular weight excluding hydrogens is 278 g/mol. The molecule has 0 radical (unpaired) electrons. The van der Waals surface area contributed by atoms with Crippen molar-refractivity contribution in [1.29, 1.82) is 0 Å². The smallest absolute Gasteiger partial charge is 0.0735 e. The minimum atomic E-state index is 0.0794. The molecule has 0 amide bonds. The summed E-state index contributed by atoms with van der Waals surface area (Å²) < 4.78 is 2.57. The molecule has 23 heavy (non-hydrogen) atoms. The van der Waals surface area contributed by atoms with Crippen molar-refractivity contribution in [2.24, 2.45) is 5.41 Å². The minimum Gasteiger partial charge on any atom is -0.330 e. The second kappa shape index (κ2) is 4.26. The first kappa shape index (κ1) is 13.0. The lowest BCUT2D eigenvalue weighted by Gasteiger charge is -2.25. The monoisotopic (exact) mass is 297 g/mol. The third-order valence-electron chi connectivity index (χ3n) is 5.63. The number of allylic oxidation sites excluding steroid dienone is 4. The van der Waals surface area contributed by atoms with Crippen LogP contribution in [0, 0.1) is 5.41 Å². The average molecular weight is 297 g/mol. The highest BCUT2D eigenvalue weighted by molar-refractivity contribution is 5.88. The molecule has 0 saturated heterocycles. The fourth-order valence-electron chi connectivity index (χ4n) is 4.27. The topological polar surface area (TPSA) is 4.93 Å². The summed E-state index contributed by atoms with van der Waals surface area (Å²) in [5, 5.41) is 1.32. The molecule has 1 saturated carbocycles. The van der Waals surface area contributed by atoms with Crippen LogP contribution in [0.25, 0.3) is 22.2 Å². The first-order valence-electron chi connectivity index (χ1n) is 8.27. The molecule has 2 aromatic carbocycles. The van der Waals surface area contributed by atoms with Crippen LogP contribution in [0.2, 0.25) is 0 Å². The quantitative estimate of drug-likeness (QED) is 0.585. The van der Waals surface area contributed by atoms with E-state index >= 15 is 0 Å². The molecule has 5 rings (SSSR count). The SMILES string of the molecule is CC12C=CC=CC1(n1c(-c3ccccc3)cc3ccccc31)C2. The van der Waals surface area contributed by atoms with Gasteiger partial charge in [-0.05, 0) is 24.1 Å². The molecule has 112 valence electrons. The number of benzene rings is 2. The summed E-state index contributed by atoms with van der Waals surface area (Å²) in [5.41, 5.74) is 4.24. The summed E-state index contributed by atoms with van der Waals surface area (Å²) in [6.07, 6.45) is 10.3. The van der Waals surface area contributed by atoms with Gasteiger partial charge >= 0.3 is 0 Å². The predicted octanol–water partition coefficient (Wildman–Crippen LogP) is 5.54. The van der Waals surface area contributed by atoms with Crippen LogP contribution in [-0.2, 0) is 5.54 Å². The van der Waals surface area contributed by atoms with Gasteiger partial charge in [0.05, 0.1) is 5.54 Å². The van der Waals surface area contributed by atoms with Gasteiger partial charge in [-0.2, -0.15) is 0 Å². The lowest BCUT2D eigenvalue weighted by Crippen LogP contribution is -2.23. The Balaban J connectivity index is 1.84. The highest BCUT2D eigenvalue weighted by Gasteiger charge is 2.64. The Morgan fingerprint density at radius 2 is 1.61 bits per heavy atom. The zero-order valence-corrected chi connectivity index (χ0v) is 13.2. The molecule has 0 aliphatic heterocycles. The van der Waals surface area contributed by atoms with Gasteiger partial charge in [0, 0.05) is 22.0 Å². The highest BCUT2D eigenvalue weighted by atomic mass is 15.1. The second-order valence-electron chi connectivity index (χ2n) is 7.03. The molecule has 2 unspecified atom stereocenters. The highest BCUT2D eigenvalue weighted by Crippen LogP contribution is 2.66. The van der Waals surface area contributed by atoms with E-state index in [1.807, 2.05) is 0 Å². The van der Waals surface area contributed by atoms with Crippen LogP contribution in [0.5, 0.6) is 0 Å². The largest absolute Gasteiger partial charge is 0.330 e. The number of rotatable bonds is 2. The van der Waals surface area contributed by atoms with Gasteiger partial charge in [-0.3, -0.25) is 0 Å². The zero-order valence-electron chi connectivity index (χ0n) is 13.2. The molecule has 1 aromatic heterocycles. The van der Waals surface area contributed by atoms with Crippen LogP contribution in [-0.4, -0.2) is 4.57 Å². The summed E-state index contributed by atoms with van der Waals surface area (Å²) in [6, 6.07) is 21.8. The summed E-state index contributed by atoms with van der Waals surface area (Å²) in [7, 11) is 0. The molecule has 1 heterocycles. The van der Waals surface area contributed by atoms with E-state index in [1.165, 1.54) is 28.6 Å². The van der Waals surface area contributed by atoms with Gasteiger partial charge in [0.1, 0.15) is 0 Å². The molecule has 1 fully saturated rings. The number of aromatic nitrogens is 1. The predicted molar refractivity (Wildman–Crippen MR) is 96.4 cm³/mol. The van der Waals surface area contributed by atoms with Crippen LogP contribution in [0.1, 0.15) is 13.3 Å². The Hall–Kier alpha value is -2.54. The van der Waals surface area contributed by atoms with Crippen LogP contribution in [0.3, 0.4) is 0 Å². The van der Waals surface area contributed by atoms with Crippen LogP contribution >= 0.6 is 0 Å². The maximum atomic E-state index is 2.57. The van der Waals surface area contributed by atoms with E-state index in [2.05, 4.69) is 96.5 Å². The normalized spacial score (nSPS) is 28.0. The van der Waals surface area contributed by atoms with Gasteiger partial charge in [-0.1, -0.05) is 79.8 Å². The lowest BCUT2D eigenvalue weighted by atomic mass is 9.96. The van der Waals surface area contributed by atoms with Crippen molar-refractivity contribution in [2.75, 3.05) is 0 Å². The molecule has 1 nitrogen and oxygen atoms in total. The molecule has 2 aliphatic carbocycles. The molecule has 0 bridgehead atoms. The van der Waals surface area contributed by atoms with Gasteiger partial charge in [-0.15, -0.1) is 0 Å². The number of hydrogen-bond donors (Lipinski definition) is 0. The van der Waals surface area contributed by atoms with Gasteiger partial charge in [0.15, 0.2) is 0 Å². The van der Waals surface area contributed by atoms with Crippen molar-refractivity contribution in [3.63, 3.8) is 0 Å². The van der Waals surface area contributed by atoms with E-state index in [1.54, 1.807) is 0 Å². The van der Waals surface area contributed by atoms with Crippen molar-refractivity contribution in [3.8, 4) is 11.3 Å². The van der Waals surface area contributed by atoms with Crippen LogP contribution in [0.15, 0.2) is 85.0 Å². The molecular formula is C22H19N. The maximum absolute atomic E-state index is 2.57. The van der Waals surface area contributed by atoms with E-state index in [4.69, 9.17) is 0 Å². The van der Waals surface area contributed by atoms with E-state index in [-0.39, 0.29) is 11.0 Å². The summed E-state index contributed by atoms with van der Waals surface area (Å²) in [5.74, 6) is 0. The molecule has 0 spiro atoms. The van der Waals surface area contributed by atoms with Gasteiger partial charge in [0.25, 0.3) is 0 Å². The average Bonchev–Trinajstić information content (AvgIpc) is 3.05. The van der Waals surface area contributed by atoms with Gasteiger partial charge in [0.2, 0.25) is 0 Å². The number of hydrogen-bond acceptors (Lipinski definition) is 0. The number of fused-ring (bicyclic) bond motifs is 2. The maximum Gasteiger partial charge on any atom is 0.0735 e. The van der Waals surface area contributed by atoms with E-state index in [9.17, 15) is 0 Å². The molecule has 0 N–H and O–H groups in total. The van der Waals surface area contributed by atoms with Crippen molar-refractivity contribution in [2.45, 2.75) is 18.9 Å². The number of para-hydroxylation sites is 1. The fourth-order valence-corrected chi connectivity index (χ4v) is 4.27. The summed E-state index contributed by atoms with van der Waals surface area (Å²) >= 11 is 0. The molecule has 1 heteroatoms. The van der Waals surface area contributed by atoms with Crippen molar-refractivity contribution in [1.82, 2.24) is 4.57 Å². The second-order valence-corrected chi connectivity index (χ2v) is 7.03. The Kier molecular flexibility index (Phi) is 2.40. The van der Waals surface area contributed by atoms with E-state index in [0.717, 1.165) is 0 Å². The Morgan fingerprint density at radius 3 is 2.43 bits per heavy atom. The van der Waals surface area contributed by atoms with Crippen molar-refractivity contribution >= 4 is 10.9 Å².